The second-order valence-electron chi connectivity index (χ2n) is 3.71. The number of carbonyl (C=O) groups is 1. The Labute approximate surface area is 108 Å². The molecule has 0 aliphatic carbocycles. The van der Waals surface area contributed by atoms with Crippen molar-refractivity contribution in [2.24, 2.45) is 0 Å². The summed E-state index contributed by atoms with van der Waals surface area (Å²) in [5.74, 6) is -0.928. The predicted molar refractivity (Wildman–Crippen MR) is 66.0 cm³/mol. The maximum atomic E-state index is 13.2. The zero-order chi connectivity index (χ0) is 13.0. The number of nitrogens with one attached hydrogen (secondary N) is 2. The first kappa shape index (κ1) is 12.6. The van der Waals surface area contributed by atoms with Gasteiger partial charge in [-0.05, 0) is 18.2 Å². The summed E-state index contributed by atoms with van der Waals surface area (Å²) in [6.45, 7) is 0.450. The molecule has 1 amide bonds. The van der Waals surface area contributed by atoms with Gasteiger partial charge in [-0.15, -0.1) is 0 Å². The molecule has 0 saturated carbocycles. The molecule has 0 fully saturated rings. The van der Waals surface area contributed by atoms with Crippen LogP contribution in [-0.2, 0) is 6.42 Å². The van der Waals surface area contributed by atoms with E-state index in [9.17, 15) is 9.18 Å². The Kier molecular flexibility index (Phi) is 3.94. The number of amides is 1. The van der Waals surface area contributed by atoms with E-state index >= 15 is 0 Å². The van der Waals surface area contributed by atoms with Crippen LogP contribution in [0.4, 0.5) is 4.39 Å². The number of imidazole rings is 1. The quantitative estimate of drug-likeness (QED) is 0.892. The van der Waals surface area contributed by atoms with Crippen LogP contribution in [0.5, 0.6) is 0 Å². The van der Waals surface area contributed by atoms with Gasteiger partial charge in [-0.25, -0.2) is 9.37 Å². The van der Waals surface area contributed by atoms with Crippen LogP contribution >= 0.6 is 11.6 Å². The monoisotopic (exact) mass is 267 g/mol. The van der Waals surface area contributed by atoms with Crippen molar-refractivity contribution in [3.63, 3.8) is 0 Å². The van der Waals surface area contributed by atoms with Crippen molar-refractivity contribution in [1.29, 1.82) is 0 Å². The molecular weight excluding hydrogens is 257 g/mol. The summed E-state index contributed by atoms with van der Waals surface area (Å²) in [5, 5.41) is 2.69. The lowest BCUT2D eigenvalue weighted by molar-refractivity contribution is 0.0953. The number of benzene rings is 1. The van der Waals surface area contributed by atoms with Gasteiger partial charge in [0.15, 0.2) is 0 Å². The van der Waals surface area contributed by atoms with E-state index < -0.39 is 5.82 Å². The first-order chi connectivity index (χ1) is 8.66. The SMILES string of the molecule is O=C(NCCc1cnc[nH]1)c1ccc(Cl)c(F)c1. The first-order valence-corrected chi connectivity index (χ1v) is 5.75. The zero-order valence-corrected chi connectivity index (χ0v) is 10.2. The van der Waals surface area contributed by atoms with Crippen LogP contribution in [0, 0.1) is 5.82 Å². The molecule has 0 saturated heterocycles. The van der Waals surface area contributed by atoms with Crippen LogP contribution in [0.1, 0.15) is 16.1 Å². The molecule has 0 aliphatic heterocycles. The number of hydrogen-bond donors (Lipinski definition) is 2. The molecule has 0 unspecified atom stereocenters. The van der Waals surface area contributed by atoms with Crippen LogP contribution < -0.4 is 5.32 Å². The van der Waals surface area contributed by atoms with Crippen molar-refractivity contribution in [2.75, 3.05) is 6.54 Å². The number of halogens is 2. The minimum absolute atomic E-state index is 0.00371. The van der Waals surface area contributed by atoms with Gasteiger partial charge in [-0.3, -0.25) is 4.79 Å². The number of nitrogens with zero attached hydrogens (tertiary/aromatic N) is 1. The van der Waals surface area contributed by atoms with Crippen LogP contribution in [0.3, 0.4) is 0 Å². The Bertz CT molecular complexity index is 542. The second-order valence-corrected chi connectivity index (χ2v) is 4.12. The molecule has 18 heavy (non-hydrogen) atoms. The molecule has 1 aromatic carbocycles. The molecule has 4 nitrogen and oxygen atoms in total. The van der Waals surface area contributed by atoms with E-state index in [-0.39, 0.29) is 16.5 Å². The molecule has 0 bridgehead atoms. The van der Waals surface area contributed by atoms with Crippen molar-refractivity contribution >= 4 is 17.5 Å². The third-order valence-electron chi connectivity index (χ3n) is 2.42. The van der Waals surface area contributed by atoms with Gasteiger partial charge < -0.3 is 10.3 Å². The Morgan fingerprint density at radius 1 is 1.50 bits per heavy atom. The molecule has 0 atom stereocenters. The van der Waals surface area contributed by atoms with E-state index in [1.165, 1.54) is 12.1 Å². The summed E-state index contributed by atoms with van der Waals surface area (Å²) in [6.07, 6.45) is 3.90. The van der Waals surface area contributed by atoms with Gasteiger partial charge in [0.1, 0.15) is 5.82 Å². The Hall–Kier alpha value is -1.88. The molecule has 0 spiro atoms. The summed E-state index contributed by atoms with van der Waals surface area (Å²) in [6, 6.07) is 3.96. The largest absolute Gasteiger partial charge is 0.352 e. The molecule has 1 aromatic heterocycles. The molecule has 0 aliphatic rings. The van der Waals surface area contributed by atoms with Gasteiger partial charge in [0.25, 0.3) is 5.91 Å². The van der Waals surface area contributed by atoms with E-state index in [1.54, 1.807) is 12.5 Å². The number of H-pyrrole nitrogens is 1. The molecule has 2 aromatic rings. The van der Waals surface area contributed by atoms with Crippen molar-refractivity contribution in [2.45, 2.75) is 6.42 Å². The van der Waals surface area contributed by atoms with Crippen LogP contribution in [-0.4, -0.2) is 22.4 Å². The average Bonchev–Trinajstić information content (AvgIpc) is 2.85. The summed E-state index contributed by atoms with van der Waals surface area (Å²) in [7, 11) is 0. The maximum absolute atomic E-state index is 13.2. The number of hydrogen-bond acceptors (Lipinski definition) is 2. The first-order valence-electron chi connectivity index (χ1n) is 5.37. The maximum Gasteiger partial charge on any atom is 0.251 e. The van der Waals surface area contributed by atoms with Gasteiger partial charge in [0.05, 0.1) is 11.3 Å². The van der Waals surface area contributed by atoms with Crippen LogP contribution in [0.2, 0.25) is 5.02 Å². The van der Waals surface area contributed by atoms with Gasteiger partial charge in [-0.2, -0.15) is 0 Å². The topological polar surface area (TPSA) is 57.8 Å². The summed E-state index contributed by atoms with van der Waals surface area (Å²) >= 11 is 5.54. The standard InChI is InChI=1S/C12H11ClFN3O/c13-10-2-1-8(5-11(10)14)12(18)16-4-3-9-6-15-7-17-9/h1-2,5-7H,3-4H2,(H,15,17)(H,16,18). The van der Waals surface area contributed by atoms with Crippen LogP contribution in [0.25, 0.3) is 0 Å². The highest BCUT2D eigenvalue weighted by molar-refractivity contribution is 6.30. The van der Waals surface area contributed by atoms with E-state index in [0.29, 0.717) is 13.0 Å². The third kappa shape index (κ3) is 3.07. The Balaban J connectivity index is 1.89. The lowest BCUT2D eigenvalue weighted by Gasteiger charge is -2.04. The molecule has 6 heteroatoms. The third-order valence-corrected chi connectivity index (χ3v) is 2.72. The van der Waals surface area contributed by atoms with E-state index in [4.69, 9.17) is 11.6 Å². The van der Waals surface area contributed by atoms with Crippen LogP contribution in [0.15, 0.2) is 30.7 Å². The van der Waals surface area contributed by atoms with Crippen molar-refractivity contribution in [3.05, 3.63) is 52.8 Å². The van der Waals surface area contributed by atoms with Crippen molar-refractivity contribution in [3.8, 4) is 0 Å². The van der Waals surface area contributed by atoms with Gasteiger partial charge >= 0.3 is 0 Å². The van der Waals surface area contributed by atoms with Gasteiger partial charge in [-0.1, -0.05) is 11.6 Å². The molecule has 1 heterocycles. The fourth-order valence-electron chi connectivity index (χ4n) is 1.47. The molecule has 0 radical (unpaired) electrons. The number of aromatic amines is 1. The van der Waals surface area contributed by atoms with E-state index in [1.807, 2.05) is 0 Å². The van der Waals surface area contributed by atoms with Gasteiger partial charge in [0.2, 0.25) is 0 Å². The summed E-state index contributed by atoms with van der Waals surface area (Å²) in [4.78, 5) is 18.5. The molecule has 2 rings (SSSR count). The van der Waals surface area contributed by atoms with E-state index in [2.05, 4.69) is 15.3 Å². The van der Waals surface area contributed by atoms with Gasteiger partial charge in [0, 0.05) is 30.4 Å². The minimum Gasteiger partial charge on any atom is -0.352 e. The number of carbonyl (C=O) groups excluding carboxylic acids is 1. The molecule has 94 valence electrons. The predicted octanol–water partition coefficient (Wildman–Crippen LogP) is 2.17. The number of aromatic nitrogens is 2. The highest BCUT2D eigenvalue weighted by Crippen LogP contribution is 2.15. The number of rotatable bonds is 4. The summed E-state index contributed by atoms with van der Waals surface area (Å²) in [5.41, 5.74) is 1.18. The highest BCUT2D eigenvalue weighted by atomic mass is 35.5. The fourth-order valence-corrected chi connectivity index (χ4v) is 1.59. The van der Waals surface area contributed by atoms with Crippen molar-refractivity contribution in [1.82, 2.24) is 15.3 Å². The average molecular weight is 268 g/mol. The Morgan fingerprint density at radius 3 is 3.00 bits per heavy atom. The lowest BCUT2D eigenvalue weighted by Crippen LogP contribution is -2.25. The molecular formula is C12H11ClFN3O. The second kappa shape index (κ2) is 5.64. The Morgan fingerprint density at radius 2 is 2.33 bits per heavy atom. The smallest absolute Gasteiger partial charge is 0.251 e. The highest BCUT2D eigenvalue weighted by Gasteiger charge is 2.08. The summed E-state index contributed by atoms with van der Waals surface area (Å²) < 4.78 is 13.2. The van der Waals surface area contributed by atoms with E-state index in [0.717, 1.165) is 11.8 Å². The van der Waals surface area contributed by atoms with Crippen molar-refractivity contribution < 1.29 is 9.18 Å². The zero-order valence-electron chi connectivity index (χ0n) is 9.41. The minimum atomic E-state index is -0.599. The normalized spacial score (nSPS) is 10.3. The fraction of sp³-hybridized carbons (Fsp3) is 0.167. The molecule has 2 N–H and O–H groups in total. The lowest BCUT2D eigenvalue weighted by atomic mass is 10.2.